The molecule has 1 aromatic carbocycles. The molecule has 0 saturated carbocycles. The summed E-state index contributed by atoms with van der Waals surface area (Å²) in [4.78, 5) is 16.5. The zero-order valence-corrected chi connectivity index (χ0v) is 13.3. The summed E-state index contributed by atoms with van der Waals surface area (Å²) < 4.78 is 1.80. The third kappa shape index (κ3) is 4.18. The molecule has 2 rings (SSSR count). The Morgan fingerprint density at radius 1 is 1.41 bits per heavy atom. The van der Waals surface area contributed by atoms with Crippen molar-refractivity contribution in [1.82, 2.24) is 14.9 Å². The summed E-state index contributed by atoms with van der Waals surface area (Å²) in [6.45, 7) is 6.29. The average Bonchev–Trinajstić information content (AvgIpc) is 2.98. The molecule has 0 saturated heterocycles. The molecule has 0 radical (unpaired) electrons. The first-order valence-corrected chi connectivity index (χ1v) is 7.52. The fraction of sp³-hybridized carbons (Fsp3) is 0.412. The first-order valence-electron chi connectivity index (χ1n) is 7.52. The molecule has 0 spiro atoms. The van der Waals surface area contributed by atoms with Gasteiger partial charge in [-0.1, -0.05) is 25.5 Å². The van der Waals surface area contributed by atoms with Gasteiger partial charge in [-0.2, -0.15) is 0 Å². The molecule has 1 heterocycles. The summed E-state index contributed by atoms with van der Waals surface area (Å²) in [5, 5.41) is 12.7. The van der Waals surface area contributed by atoms with Gasteiger partial charge in [-0.25, -0.2) is 4.98 Å². The number of carbonyl (C=O) groups is 1. The van der Waals surface area contributed by atoms with E-state index in [1.54, 1.807) is 23.3 Å². The second kappa shape index (κ2) is 7.22. The van der Waals surface area contributed by atoms with E-state index in [0.29, 0.717) is 17.9 Å². The second-order valence-corrected chi connectivity index (χ2v) is 5.98. The number of imidazole rings is 1. The smallest absolute Gasteiger partial charge is 0.253 e. The molecule has 1 amide bonds. The molecule has 0 fully saturated rings. The highest BCUT2D eigenvalue weighted by Gasteiger charge is 2.15. The molecule has 2 aromatic rings. The van der Waals surface area contributed by atoms with Crippen molar-refractivity contribution in [3.8, 4) is 5.69 Å². The van der Waals surface area contributed by atoms with Gasteiger partial charge in [0.1, 0.15) is 0 Å². The van der Waals surface area contributed by atoms with Crippen molar-refractivity contribution in [3.63, 3.8) is 0 Å². The van der Waals surface area contributed by atoms with Gasteiger partial charge in [0.15, 0.2) is 0 Å². The maximum atomic E-state index is 12.4. The molecule has 1 atom stereocenters. The molecule has 0 aliphatic heterocycles. The first-order chi connectivity index (χ1) is 10.5. The Morgan fingerprint density at radius 3 is 2.82 bits per heavy atom. The Balaban J connectivity index is 2.14. The predicted molar refractivity (Wildman–Crippen MR) is 86.1 cm³/mol. The van der Waals surface area contributed by atoms with Gasteiger partial charge in [0.05, 0.1) is 23.7 Å². The number of amides is 1. The lowest BCUT2D eigenvalue weighted by Gasteiger charge is -2.15. The molecular formula is C17H23N3O2. The summed E-state index contributed by atoms with van der Waals surface area (Å²) in [6, 6.07) is 5.70. The zero-order chi connectivity index (χ0) is 16.1. The maximum absolute atomic E-state index is 12.4. The summed E-state index contributed by atoms with van der Waals surface area (Å²) >= 11 is 0. The lowest BCUT2D eigenvalue weighted by molar-refractivity contribution is 0.0900. The number of aryl methyl sites for hydroxylation is 1. The van der Waals surface area contributed by atoms with E-state index >= 15 is 0 Å². The van der Waals surface area contributed by atoms with Crippen LogP contribution in [-0.4, -0.2) is 33.2 Å². The van der Waals surface area contributed by atoms with Gasteiger partial charge < -0.3 is 15.0 Å². The van der Waals surface area contributed by atoms with Crippen molar-refractivity contribution >= 4 is 5.91 Å². The number of hydrogen-bond acceptors (Lipinski definition) is 3. The van der Waals surface area contributed by atoms with Crippen LogP contribution in [0.4, 0.5) is 0 Å². The van der Waals surface area contributed by atoms with Gasteiger partial charge >= 0.3 is 0 Å². The Kier molecular flexibility index (Phi) is 5.33. The Bertz CT molecular complexity index is 621. The number of aliphatic hydroxyl groups excluding tert-OH is 1. The monoisotopic (exact) mass is 301 g/mol. The topological polar surface area (TPSA) is 67.2 Å². The largest absolute Gasteiger partial charge is 0.391 e. The normalized spacial score (nSPS) is 12.4. The van der Waals surface area contributed by atoms with Crippen LogP contribution in [0.3, 0.4) is 0 Å². The number of aromatic nitrogens is 2. The van der Waals surface area contributed by atoms with Gasteiger partial charge in [-0.05, 0) is 31.4 Å². The Hall–Kier alpha value is -2.14. The molecule has 0 bridgehead atoms. The van der Waals surface area contributed by atoms with E-state index in [4.69, 9.17) is 0 Å². The maximum Gasteiger partial charge on any atom is 0.253 e. The third-order valence-electron chi connectivity index (χ3n) is 3.42. The van der Waals surface area contributed by atoms with Crippen LogP contribution in [0.2, 0.25) is 0 Å². The van der Waals surface area contributed by atoms with Crippen LogP contribution in [0, 0.1) is 12.8 Å². The van der Waals surface area contributed by atoms with Crippen LogP contribution >= 0.6 is 0 Å². The summed E-state index contributed by atoms with van der Waals surface area (Å²) in [6.07, 6.45) is 5.28. The van der Waals surface area contributed by atoms with E-state index in [2.05, 4.69) is 10.3 Å². The number of nitrogens with zero attached hydrogens (tertiary/aromatic N) is 2. The molecule has 5 heteroatoms. The minimum atomic E-state index is -0.523. The van der Waals surface area contributed by atoms with Crippen LogP contribution in [0.5, 0.6) is 0 Å². The lowest BCUT2D eigenvalue weighted by atomic mass is 10.1. The Morgan fingerprint density at radius 2 is 2.18 bits per heavy atom. The molecule has 0 aliphatic carbocycles. The highest BCUT2D eigenvalue weighted by molar-refractivity contribution is 5.98. The molecule has 1 aromatic heterocycles. The summed E-state index contributed by atoms with van der Waals surface area (Å²) in [7, 11) is 0. The number of nitrogens with one attached hydrogen (secondary N) is 1. The van der Waals surface area contributed by atoms with Crippen LogP contribution in [0.1, 0.15) is 36.2 Å². The van der Waals surface area contributed by atoms with E-state index in [0.717, 1.165) is 11.3 Å². The van der Waals surface area contributed by atoms with E-state index < -0.39 is 6.10 Å². The van der Waals surface area contributed by atoms with Gasteiger partial charge in [-0.3, -0.25) is 4.79 Å². The van der Waals surface area contributed by atoms with E-state index in [1.807, 2.05) is 39.0 Å². The standard InChI is InChI=1S/C17H23N3O2/c1-12(2)8-14(21)10-19-17(22)15-9-13(3)4-5-16(15)20-7-6-18-11-20/h4-7,9,11-12,14,21H,8,10H2,1-3H3,(H,19,22). The quantitative estimate of drug-likeness (QED) is 0.860. The second-order valence-electron chi connectivity index (χ2n) is 5.98. The van der Waals surface area contributed by atoms with Crippen molar-refractivity contribution in [2.45, 2.75) is 33.3 Å². The molecule has 5 nitrogen and oxygen atoms in total. The van der Waals surface area contributed by atoms with Crippen LogP contribution in [0.15, 0.2) is 36.9 Å². The van der Waals surface area contributed by atoms with Gasteiger partial charge in [-0.15, -0.1) is 0 Å². The highest BCUT2D eigenvalue weighted by Crippen LogP contribution is 2.16. The Labute approximate surface area is 131 Å². The number of rotatable bonds is 6. The fourth-order valence-electron chi connectivity index (χ4n) is 2.39. The number of hydrogen-bond donors (Lipinski definition) is 2. The SMILES string of the molecule is Cc1ccc(-n2ccnc2)c(C(=O)NCC(O)CC(C)C)c1. The van der Waals surface area contributed by atoms with Crippen molar-refractivity contribution in [2.24, 2.45) is 5.92 Å². The van der Waals surface area contributed by atoms with Crippen LogP contribution in [-0.2, 0) is 0 Å². The number of carbonyl (C=O) groups excluding carboxylic acids is 1. The molecule has 0 aliphatic rings. The van der Waals surface area contributed by atoms with E-state index in [1.165, 1.54) is 0 Å². The summed E-state index contributed by atoms with van der Waals surface area (Å²) in [5.41, 5.74) is 2.37. The highest BCUT2D eigenvalue weighted by atomic mass is 16.3. The molecule has 22 heavy (non-hydrogen) atoms. The molecule has 2 N–H and O–H groups in total. The minimum Gasteiger partial charge on any atom is -0.391 e. The third-order valence-corrected chi connectivity index (χ3v) is 3.42. The van der Waals surface area contributed by atoms with Crippen molar-refractivity contribution in [2.75, 3.05) is 6.54 Å². The van der Waals surface area contributed by atoms with Crippen LogP contribution < -0.4 is 5.32 Å². The summed E-state index contributed by atoms with van der Waals surface area (Å²) in [5.74, 6) is 0.211. The van der Waals surface area contributed by atoms with Gasteiger partial charge in [0.2, 0.25) is 0 Å². The van der Waals surface area contributed by atoms with E-state index in [9.17, 15) is 9.90 Å². The molecule has 118 valence electrons. The number of benzene rings is 1. The first kappa shape index (κ1) is 16.2. The minimum absolute atomic E-state index is 0.185. The fourth-order valence-corrected chi connectivity index (χ4v) is 2.39. The van der Waals surface area contributed by atoms with E-state index in [-0.39, 0.29) is 12.5 Å². The van der Waals surface area contributed by atoms with Crippen molar-refractivity contribution < 1.29 is 9.90 Å². The molecular weight excluding hydrogens is 278 g/mol. The van der Waals surface area contributed by atoms with Crippen molar-refractivity contribution in [3.05, 3.63) is 48.0 Å². The predicted octanol–water partition coefficient (Wildman–Crippen LogP) is 2.32. The number of aliphatic hydroxyl groups is 1. The zero-order valence-electron chi connectivity index (χ0n) is 13.3. The molecule has 1 unspecified atom stereocenters. The van der Waals surface area contributed by atoms with Gasteiger partial charge in [0, 0.05) is 18.9 Å². The lowest BCUT2D eigenvalue weighted by Crippen LogP contribution is -2.33. The van der Waals surface area contributed by atoms with Crippen LogP contribution in [0.25, 0.3) is 5.69 Å². The average molecular weight is 301 g/mol. The van der Waals surface area contributed by atoms with Crippen molar-refractivity contribution in [1.29, 1.82) is 0 Å². The van der Waals surface area contributed by atoms with Gasteiger partial charge in [0.25, 0.3) is 5.91 Å².